The number of esters is 2. The third-order valence-corrected chi connectivity index (χ3v) is 7.76. The Hall–Kier alpha value is -5.31. The van der Waals surface area contributed by atoms with Gasteiger partial charge in [-0.3, -0.25) is 14.4 Å². The standard InChI is InChI=1S/C33H26F5NO8S/c1-3-44-29(41)32(30(42)45-4-2,26-10-7-15-48-26)18-46-31(43)47-27-24(34)16-21(17-25(27)35)39-28(40)23-9-6-5-8-22(23)19-11-13-20(14-12-19)33(36,37)38/h5-17H,3-4,18H2,1-2H3,(H,39,40). The van der Waals surface area contributed by atoms with Gasteiger partial charge in [0.25, 0.3) is 5.91 Å². The Morgan fingerprint density at radius 1 is 0.792 bits per heavy atom. The number of hydrogen-bond donors (Lipinski definition) is 1. The summed E-state index contributed by atoms with van der Waals surface area (Å²) in [6, 6.07) is 14.2. The maximum absolute atomic E-state index is 15.0. The Kier molecular flexibility index (Phi) is 11.2. The molecule has 48 heavy (non-hydrogen) atoms. The molecule has 15 heteroatoms. The average Bonchev–Trinajstić information content (AvgIpc) is 3.58. The molecule has 0 spiro atoms. The van der Waals surface area contributed by atoms with E-state index in [0.29, 0.717) is 12.1 Å². The van der Waals surface area contributed by atoms with Crippen LogP contribution in [0.15, 0.2) is 78.2 Å². The summed E-state index contributed by atoms with van der Waals surface area (Å²) in [4.78, 5) is 51.8. The lowest BCUT2D eigenvalue weighted by Crippen LogP contribution is -2.50. The second-order valence-corrected chi connectivity index (χ2v) is 10.8. The van der Waals surface area contributed by atoms with Gasteiger partial charge in [0, 0.05) is 28.3 Å². The Morgan fingerprint density at radius 2 is 1.40 bits per heavy atom. The first kappa shape index (κ1) is 35.5. The Balaban J connectivity index is 1.51. The van der Waals surface area contributed by atoms with Crippen LogP contribution < -0.4 is 10.1 Å². The fourth-order valence-electron chi connectivity index (χ4n) is 4.48. The summed E-state index contributed by atoms with van der Waals surface area (Å²) in [5.41, 5.74) is -3.01. The third-order valence-electron chi connectivity index (χ3n) is 6.73. The molecule has 0 radical (unpaired) electrons. The molecule has 0 unspecified atom stereocenters. The van der Waals surface area contributed by atoms with Crippen LogP contribution in [0.3, 0.4) is 0 Å². The number of benzene rings is 3. The van der Waals surface area contributed by atoms with Crippen molar-refractivity contribution in [3.05, 3.63) is 106 Å². The van der Waals surface area contributed by atoms with E-state index >= 15 is 0 Å². The van der Waals surface area contributed by atoms with Crippen LogP contribution >= 0.6 is 11.3 Å². The highest BCUT2D eigenvalue weighted by Crippen LogP contribution is 2.34. The first-order valence-electron chi connectivity index (χ1n) is 14.1. The second kappa shape index (κ2) is 15.1. The SMILES string of the molecule is CCOC(=O)C(COC(=O)Oc1c(F)cc(NC(=O)c2ccccc2-c2ccc(C(F)(F)F)cc2)cc1F)(C(=O)OCC)c1cccs1. The van der Waals surface area contributed by atoms with E-state index in [0.717, 1.165) is 23.5 Å². The maximum Gasteiger partial charge on any atom is 0.514 e. The first-order chi connectivity index (χ1) is 22.8. The van der Waals surface area contributed by atoms with E-state index in [4.69, 9.17) is 18.9 Å². The van der Waals surface area contributed by atoms with Crippen molar-refractivity contribution in [2.75, 3.05) is 25.1 Å². The van der Waals surface area contributed by atoms with Crippen LogP contribution in [0.25, 0.3) is 11.1 Å². The van der Waals surface area contributed by atoms with E-state index in [9.17, 15) is 41.1 Å². The number of carbonyl (C=O) groups excluding carboxylic acids is 4. The fraction of sp³-hybridized carbons (Fsp3) is 0.212. The fourth-order valence-corrected chi connectivity index (χ4v) is 5.37. The highest BCUT2D eigenvalue weighted by atomic mass is 32.1. The number of carbonyl (C=O) groups is 4. The summed E-state index contributed by atoms with van der Waals surface area (Å²) in [5, 5.41) is 3.86. The van der Waals surface area contributed by atoms with E-state index in [1.54, 1.807) is 11.4 Å². The molecule has 4 rings (SSSR count). The lowest BCUT2D eigenvalue weighted by atomic mass is 9.87. The third kappa shape index (κ3) is 7.79. The molecule has 0 atom stereocenters. The zero-order valence-corrected chi connectivity index (χ0v) is 26.0. The molecule has 1 heterocycles. The van der Waals surface area contributed by atoms with Crippen LogP contribution in [-0.4, -0.2) is 43.8 Å². The smallest absolute Gasteiger partial charge is 0.465 e. The molecule has 0 aliphatic rings. The molecule has 1 aromatic heterocycles. The van der Waals surface area contributed by atoms with Gasteiger partial charge in [-0.25, -0.2) is 13.6 Å². The van der Waals surface area contributed by atoms with E-state index in [1.165, 1.54) is 56.3 Å². The molecular weight excluding hydrogens is 665 g/mol. The molecule has 0 saturated carbocycles. The van der Waals surface area contributed by atoms with Gasteiger partial charge < -0.3 is 24.3 Å². The summed E-state index contributed by atoms with van der Waals surface area (Å²) in [6.07, 6.45) is -6.24. The monoisotopic (exact) mass is 691 g/mol. The van der Waals surface area contributed by atoms with Gasteiger partial charge in [-0.2, -0.15) is 13.2 Å². The van der Waals surface area contributed by atoms with Gasteiger partial charge in [0.1, 0.15) is 6.61 Å². The van der Waals surface area contributed by atoms with Crippen molar-refractivity contribution in [2.24, 2.45) is 0 Å². The molecule has 252 valence electrons. The molecule has 4 aromatic rings. The lowest BCUT2D eigenvalue weighted by Gasteiger charge is -2.27. The predicted octanol–water partition coefficient (Wildman–Crippen LogP) is 7.54. The number of halogens is 5. The van der Waals surface area contributed by atoms with Crippen molar-refractivity contribution in [1.82, 2.24) is 0 Å². The highest BCUT2D eigenvalue weighted by Gasteiger charge is 2.53. The van der Waals surface area contributed by atoms with Crippen LogP contribution in [-0.2, 0) is 35.4 Å². The molecular formula is C33H26F5NO8S. The van der Waals surface area contributed by atoms with E-state index < -0.39 is 65.1 Å². The number of alkyl halides is 3. The number of rotatable bonds is 11. The summed E-state index contributed by atoms with van der Waals surface area (Å²) < 4.78 is 88.8. The second-order valence-electron chi connectivity index (χ2n) is 9.81. The highest BCUT2D eigenvalue weighted by molar-refractivity contribution is 7.10. The first-order valence-corrected chi connectivity index (χ1v) is 15.0. The van der Waals surface area contributed by atoms with Crippen molar-refractivity contribution >= 4 is 41.0 Å². The van der Waals surface area contributed by atoms with Gasteiger partial charge in [-0.15, -0.1) is 11.3 Å². The van der Waals surface area contributed by atoms with E-state index in [1.807, 2.05) is 0 Å². The minimum Gasteiger partial charge on any atom is -0.465 e. The Morgan fingerprint density at radius 3 is 1.94 bits per heavy atom. The quantitative estimate of drug-likeness (QED) is 0.0564. The number of thiophene rings is 1. The average molecular weight is 692 g/mol. The van der Waals surface area contributed by atoms with Crippen LogP contribution in [0, 0.1) is 11.6 Å². The lowest BCUT2D eigenvalue weighted by molar-refractivity contribution is -0.167. The molecule has 3 aromatic carbocycles. The molecule has 1 N–H and O–H groups in total. The normalized spacial score (nSPS) is 11.4. The van der Waals surface area contributed by atoms with Crippen molar-refractivity contribution in [3.63, 3.8) is 0 Å². The van der Waals surface area contributed by atoms with Crippen molar-refractivity contribution in [1.29, 1.82) is 0 Å². The van der Waals surface area contributed by atoms with Gasteiger partial charge in [-0.1, -0.05) is 36.4 Å². The number of nitrogens with one attached hydrogen (secondary N) is 1. The molecule has 0 bridgehead atoms. The Labute approximate surface area is 274 Å². The number of hydrogen-bond acceptors (Lipinski definition) is 9. The molecule has 9 nitrogen and oxygen atoms in total. The summed E-state index contributed by atoms with van der Waals surface area (Å²) in [5.74, 6) is -7.10. The van der Waals surface area contributed by atoms with Crippen molar-refractivity contribution in [3.8, 4) is 16.9 Å². The van der Waals surface area contributed by atoms with Crippen molar-refractivity contribution < 1.29 is 60.1 Å². The van der Waals surface area contributed by atoms with Crippen LogP contribution in [0.2, 0.25) is 0 Å². The molecule has 0 fully saturated rings. The number of anilines is 1. The molecule has 0 saturated heterocycles. The topological polar surface area (TPSA) is 117 Å². The number of ether oxygens (including phenoxy) is 4. The molecule has 0 aliphatic heterocycles. The largest absolute Gasteiger partial charge is 0.514 e. The van der Waals surface area contributed by atoms with E-state index in [-0.39, 0.29) is 40.5 Å². The van der Waals surface area contributed by atoms with Gasteiger partial charge in [0.15, 0.2) is 11.6 Å². The summed E-state index contributed by atoms with van der Waals surface area (Å²) >= 11 is 0.975. The zero-order valence-electron chi connectivity index (χ0n) is 25.2. The number of amides is 1. The summed E-state index contributed by atoms with van der Waals surface area (Å²) in [7, 11) is 0. The van der Waals surface area contributed by atoms with Crippen molar-refractivity contribution in [2.45, 2.75) is 25.4 Å². The maximum atomic E-state index is 15.0. The van der Waals surface area contributed by atoms with Crippen LogP contribution in [0.1, 0.15) is 34.6 Å². The Bertz CT molecular complexity index is 1750. The summed E-state index contributed by atoms with van der Waals surface area (Å²) in [6.45, 7) is 1.74. The molecule has 0 aliphatic carbocycles. The molecule has 1 amide bonds. The van der Waals surface area contributed by atoms with Gasteiger partial charge in [0.2, 0.25) is 11.2 Å². The van der Waals surface area contributed by atoms with Gasteiger partial charge in [0.05, 0.1) is 18.8 Å². The van der Waals surface area contributed by atoms with E-state index in [2.05, 4.69) is 5.32 Å². The zero-order chi connectivity index (χ0) is 35.1. The van der Waals surface area contributed by atoms with Crippen LogP contribution in [0.5, 0.6) is 5.75 Å². The van der Waals surface area contributed by atoms with Gasteiger partial charge >= 0.3 is 24.3 Å². The van der Waals surface area contributed by atoms with Crippen LogP contribution in [0.4, 0.5) is 32.4 Å². The minimum atomic E-state index is -4.56. The predicted molar refractivity (Wildman–Crippen MR) is 162 cm³/mol. The minimum absolute atomic E-state index is 0.0144. The van der Waals surface area contributed by atoms with Gasteiger partial charge in [-0.05, 0) is 54.6 Å².